The van der Waals surface area contributed by atoms with Gasteiger partial charge < -0.3 is 9.13 Å². The molecule has 0 N–H and O–H groups in total. The van der Waals surface area contributed by atoms with Crippen LogP contribution < -0.4 is 0 Å². The van der Waals surface area contributed by atoms with Crippen molar-refractivity contribution in [3.63, 3.8) is 0 Å². The lowest BCUT2D eigenvalue weighted by Gasteiger charge is -2.25. The van der Waals surface area contributed by atoms with Crippen LogP contribution >= 0.6 is 0 Å². The topological polar surface area (TPSA) is 9.86 Å². The van der Waals surface area contributed by atoms with Crippen LogP contribution in [0.1, 0.15) is 25.0 Å². The number of nitrogens with zero attached hydrogens (tertiary/aromatic N) is 2. The van der Waals surface area contributed by atoms with E-state index in [0.717, 1.165) is 0 Å². The summed E-state index contributed by atoms with van der Waals surface area (Å²) in [6.07, 6.45) is 0. The van der Waals surface area contributed by atoms with Crippen molar-refractivity contribution in [3.05, 3.63) is 145 Å². The van der Waals surface area contributed by atoms with Gasteiger partial charge >= 0.3 is 0 Å². The quantitative estimate of drug-likeness (QED) is 0.213. The monoisotopic (exact) mass is 524 g/mol. The van der Waals surface area contributed by atoms with Crippen LogP contribution in [-0.2, 0) is 5.41 Å². The number of rotatable bonds is 2. The van der Waals surface area contributed by atoms with E-state index in [2.05, 4.69) is 156 Å². The predicted molar refractivity (Wildman–Crippen MR) is 173 cm³/mol. The van der Waals surface area contributed by atoms with E-state index < -0.39 is 0 Å². The summed E-state index contributed by atoms with van der Waals surface area (Å²) >= 11 is 0. The summed E-state index contributed by atoms with van der Waals surface area (Å²) in [6.45, 7) is 4.75. The molecule has 2 heteroatoms. The third-order valence-electron chi connectivity index (χ3n) is 9.28. The highest BCUT2D eigenvalue weighted by atomic mass is 15.0. The van der Waals surface area contributed by atoms with E-state index in [9.17, 15) is 0 Å². The second-order valence-electron chi connectivity index (χ2n) is 11.8. The van der Waals surface area contributed by atoms with Crippen molar-refractivity contribution in [2.45, 2.75) is 19.3 Å². The van der Waals surface area contributed by atoms with E-state index in [1.54, 1.807) is 0 Å². The van der Waals surface area contributed by atoms with Crippen LogP contribution in [0.4, 0.5) is 0 Å². The normalized spacial score (nSPS) is 13.8. The van der Waals surface area contributed by atoms with Crippen molar-refractivity contribution >= 4 is 43.6 Å². The molecule has 6 aromatic carbocycles. The van der Waals surface area contributed by atoms with Crippen LogP contribution in [0.5, 0.6) is 0 Å². The average molecular weight is 525 g/mol. The Morgan fingerprint density at radius 2 is 1.12 bits per heavy atom. The highest BCUT2D eigenvalue weighted by Gasteiger charge is 2.38. The van der Waals surface area contributed by atoms with Gasteiger partial charge in [-0.1, -0.05) is 111 Å². The Morgan fingerprint density at radius 3 is 1.95 bits per heavy atom. The maximum Gasteiger partial charge on any atom is 0.0641 e. The summed E-state index contributed by atoms with van der Waals surface area (Å²) in [5.41, 5.74) is 12.8. The molecule has 41 heavy (non-hydrogen) atoms. The molecule has 1 aliphatic carbocycles. The van der Waals surface area contributed by atoms with E-state index in [4.69, 9.17) is 0 Å². The fourth-order valence-electron chi connectivity index (χ4n) is 7.62. The Kier molecular flexibility index (Phi) is 4.42. The van der Waals surface area contributed by atoms with Gasteiger partial charge in [0.25, 0.3) is 0 Å². The molecule has 2 nitrogen and oxygen atoms in total. The van der Waals surface area contributed by atoms with E-state index in [-0.39, 0.29) is 5.41 Å². The molecule has 0 fully saturated rings. The molecule has 0 spiro atoms. The minimum absolute atomic E-state index is 0.108. The summed E-state index contributed by atoms with van der Waals surface area (Å²) in [5.74, 6) is 0. The SMILES string of the molecule is CC1(C)c2ccccc2-c2cccc(-n3c4ccccc4c4c3ccc3c5ccccc5n(-c5ccccc5)c34)c21. The molecule has 0 bridgehead atoms. The second-order valence-corrected chi connectivity index (χ2v) is 11.8. The Morgan fingerprint density at radius 1 is 0.463 bits per heavy atom. The Hall–Kier alpha value is -5.08. The van der Waals surface area contributed by atoms with E-state index in [1.165, 1.54) is 77.2 Å². The van der Waals surface area contributed by atoms with Crippen LogP contribution in [0.2, 0.25) is 0 Å². The molecule has 0 atom stereocenters. The Balaban J connectivity index is 1.48. The number of hydrogen-bond donors (Lipinski definition) is 0. The molecule has 9 rings (SSSR count). The lowest BCUT2D eigenvalue weighted by molar-refractivity contribution is 0.656. The highest BCUT2D eigenvalue weighted by molar-refractivity contribution is 6.26. The number of aromatic nitrogens is 2. The molecule has 194 valence electrons. The van der Waals surface area contributed by atoms with E-state index in [1.807, 2.05) is 0 Å². The first kappa shape index (κ1) is 22.7. The second kappa shape index (κ2) is 7.99. The smallest absolute Gasteiger partial charge is 0.0641 e. The van der Waals surface area contributed by atoms with Gasteiger partial charge in [0.2, 0.25) is 0 Å². The van der Waals surface area contributed by atoms with Gasteiger partial charge in [0.05, 0.1) is 27.8 Å². The van der Waals surface area contributed by atoms with Crippen molar-refractivity contribution in [1.82, 2.24) is 9.13 Å². The van der Waals surface area contributed by atoms with Gasteiger partial charge in [-0.3, -0.25) is 0 Å². The maximum atomic E-state index is 2.52. The van der Waals surface area contributed by atoms with Crippen LogP contribution in [0, 0.1) is 0 Å². The van der Waals surface area contributed by atoms with Crippen molar-refractivity contribution in [3.8, 4) is 22.5 Å². The number of para-hydroxylation sites is 3. The zero-order valence-electron chi connectivity index (χ0n) is 23.1. The standard InChI is InChI=1S/C39H28N2/c1-39(2)31-19-9-6-15-26(31)28-18-12-22-35(37(28)39)41-33-21-11-8-17-30(33)36-34(41)24-23-29-27-16-7-10-20-32(27)40(38(29)36)25-13-4-3-5-14-25/h3-24H,1-2H3. The van der Waals surface area contributed by atoms with Gasteiger partial charge in [0, 0.05) is 32.6 Å². The van der Waals surface area contributed by atoms with Crippen molar-refractivity contribution in [1.29, 1.82) is 0 Å². The molecule has 0 radical (unpaired) electrons. The first-order valence-corrected chi connectivity index (χ1v) is 14.4. The molecule has 0 saturated carbocycles. The molecule has 0 saturated heterocycles. The molecule has 0 unspecified atom stereocenters. The third kappa shape index (κ3) is 2.87. The number of benzene rings is 6. The van der Waals surface area contributed by atoms with E-state index in [0.29, 0.717) is 0 Å². The Labute approximate surface area is 238 Å². The fourth-order valence-corrected chi connectivity index (χ4v) is 7.62. The van der Waals surface area contributed by atoms with Gasteiger partial charge in [-0.15, -0.1) is 0 Å². The molecule has 2 aromatic heterocycles. The van der Waals surface area contributed by atoms with Crippen LogP contribution in [0.25, 0.3) is 66.1 Å². The van der Waals surface area contributed by atoms with Crippen molar-refractivity contribution < 1.29 is 0 Å². The molecule has 0 amide bonds. The van der Waals surface area contributed by atoms with Crippen LogP contribution in [0.3, 0.4) is 0 Å². The van der Waals surface area contributed by atoms with Crippen molar-refractivity contribution in [2.75, 3.05) is 0 Å². The summed E-state index contributed by atoms with van der Waals surface area (Å²) in [5, 5.41) is 5.14. The molecule has 2 heterocycles. The maximum absolute atomic E-state index is 2.52. The minimum Gasteiger partial charge on any atom is -0.309 e. The summed E-state index contributed by atoms with van der Waals surface area (Å²) in [4.78, 5) is 0. The molecule has 8 aromatic rings. The van der Waals surface area contributed by atoms with E-state index >= 15 is 0 Å². The zero-order valence-corrected chi connectivity index (χ0v) is 23.1. The van der Waals surface area contributed by atoms with Crippen LogP contribution in [0.15, 0.2) is 133 Å². The zero-order chi connectivity index (χ0) is 27.3. The van der Waals surface area contributed by atoms with Gasteiger partial charge in [0.15, 0.2) is 0 Å². The van der Waals surface area contributed by atoms with Gasteiger partial charge in [-0.05, 0) is 58.7 Å². The summed E-state index contributed by atoms with van der Waals surface area (Å²) in [6, 6.07) is 48.9. The first-order chi connectivity index (χ1) is 20.1. The lowest BCUT2D eigenvalue weighted by Crippen LogP contribution is -2.18. The fraction of sp³-hybridized carbons (Fsp3) is 0.0769. The van der Waals surface area contributed by atoms with Crippen LogP contribution in [-0.4, -0.2) is 9.13 Å². The van der Waals surface area contributed by atoms with Gasteiger partial charge in [-0.25, -0.2) is 0 Å². The lowest BCUT2D eigenvalue weighted by atomic mass is 9.81. The summed E-state index contributed by atoms with van der Waals surface area (Å²) in [7, 11) is 0. The molecule has 1 aliphatic rings. The molecular weight excluding hydrogens is 496 g/mol. The highest BCUT2D eigenvalue weighted by Crippen LogP contribution is 2.52. The number of fused-ring (bicyclic) bond motifs is 10. The van der Waals surface area contributed by atoms with Crippen molar-refractivity contribution in [2.24, 2.45) is 0 Å². The van der Waals surface area contributed by atoms with Gasteiger partial charge in [0.1, 0.15) is 0 Å². The number of hydrogen-bond acceptors (Lipinski definition) is 0. The minimum atomic E-state index is -0.108. The molecular formula is C39H28N2. The summed E-state index contributed by atoms with van der Waals surface area (Å²) < 4.78 is 4.97. The Bertz CT molecular complexity index is 2330. The van der Waals surface area contributed by atoms with Gasteiger partial charge in [-0.2, -0.15) is 0 Å². The average Bonchev–Trinajstić information content (AvgIpc) is 3.61. The first-order valence-electron chi connectivity index (χ1n) is 14.4. The largest absolute Gasteiger partial charge is 0.309 e. The third-order valence-corrected chi connectivity index (χ3v) is 9.28. The molecule has 0 aliphatic heterocycles. The predicted octanol–water partition coefficient (Wildman–Crippen LogP) is 10.2.